The van der Waals surface area contributed by atoms with Crippen LogP contribution in [0.15, 0.2) is 0 Å². The molecule has 3 heteroatoms. The van der Waals surface area contributed by atoms with E-state index in [2.05, 4.69) is 27.7 Å². The van der Waals surface area contributed by atoms with Gasteiger partial charge in [-0.3, -0.25) is 0 Å². The lowest BCUT2D eigenvalue weighted by Gasteiger charge is -2.27. The zero-order valence-corrected chi connectivity index (χ0v) is 9.92. The molecule has 0 bridgehead atoms. The molecule has 2 unspecified atom stereocenters. The number of rotatable bonds is 4. The van der Waals surface area contributed by atoms with E-state index in [-0.39, 0.29) is 17.3 Å². The lowest BCUT2D eigenvalue weighted by Crippen LogP contribution is -2.30. The maximum atomic E-state index is 5.86. The maximum absolute atomic E-state index is 5.86. The second kappa shape index (κ2) is 4.17. The minimum absolute atomic E-state index is 0.0802. The Hall–Kier alpha value is -0.120. The summed E-state index contributed by atoms with van der Waals surface area (Å²) in [5.74, 6) is 0. The van der Waals surface area contributed by atoms with Crippen molar-refractivity contribution in [2.45, 2.75) is 52.4 Å². The van der Waals surface area contributed by atoms with E-state index in [9.17, 15) is 0 Å². The van der Waals surface area contributed by atoms with E-state index in [0.717, 1.165) is 12.8 Å². The second-order valence-corrected chi connectivity index (χ2v) is 4.97. The van der Waals surface area contributed by atoms with Crippen LogP contribution in [-0.4, -0.2) is 25.8 Å². The first-order valence-corrected chi connectivity index (χ1v) is 5.22. The third kappa shape index (κ3) is 2.47. The highest BCUT2D eigenvalue weighted by molar-refractivity contribution is 4.92. The minimum Gasteiger partial charge on any atom is -0.359 e. The molecule has 0 spiro atoms. The monoisotopic (exact) mass is 202 g/mol. The summed E-state index contributed by atoms with van der Waals surface area (Å²) in [5, 5.41) is 0. The van der Waals surface area contributed by atoms with Gasteiger partial charge in [0.05, 0.1) is 5.60 Å². The molecule has 0 saturated carbocycles. The van der Waals surface area contributed by atoms with Crippen LogP contribution >= 0.6 is 0 Å². The molecule has 1 heterocycles. The van der Waals surface area contributed by atoms with Gasteiger partial charge in [0.1, 0.15) is 6.79 Å². The van der Waals surface area contributed by atoms with Crippen LogP contribution < -0.4 is 0 Å². The molecule has 0 amide bonds. The van der Waals surface area contributed by atoms with Crippen molar-refractivity contribution in [3.63, 3.8) is 0 Å². The Balaban J connectivity index is 2.63. The molecule has 14 heavy (non-hydrogen) atoms. The molecule has 1 rings (SSSR count). The van der Waals surface area contributed by atoms with Crippen LogP contribution in [0.4, 0.5) is 0 Å². The lowest BCUT2D eigenvalue weighted by molar-refractivity contribution is -0.223. The van der Waals surface area contributed by atoms with Crippen molar-refractivity contribution < 1.29 is 14.2 Å². The first-order valence-electron chi connectivity index (χ1n) is 5.22. The van der Waals surface area contributed by atoms with E-state index < -0.39 is 0 Å². The molecule has 84 valence electrons. The lowest BCUT2D eigenvalue weighted by atomic mass is 9.80. The quantitative estimate of drug-likeness (QED) is 0.656. The van der Waals surface area contributed by atoms with Crippen LogP contribution in [0.1, 0.15) is 40.5 Å². The summed E-state index contributed by atoms with van der Waals surface area (Å²) in [4.78, 5) is 0. The summed E-state index contributed by atoms with van der Waals surface area (Å²) >= 11 is 0. The smallest absolute Gasteiger partial charge is 0.166 e. The Kier molecular flexibility index (Phi) is 3.56. The fourth-order valence-electron chi connectivity index (χ4n) is 2.19. The average molecular weight is 202 g/mol. The normalized spacial score (nSPS) is 36.2. The Morgan fingerprint density at radius 2 is 2.00 bits per heavy atom. The van der Waals surface area contributed by atoms with E-state index in [1.54, 1.807) is 7.11 Å². The van der Waals surface area contributed by atoms with Gasteiger partial charge in [0.25, 0.3) is 0 Å². The van der Waals surface area contributed by atoms with Crippen LogP contribution in [-0.2, 0) is 14.2 Å². The van der Waals surface area contributed by atoms with Crippen molar-refractivity contribution in [3.05, 3.63) is 0 Å². The standard InChI is InChI=1S/C11H22O3/c1-6-11(4)7-10(2,3)14-9(11)13-8-12-5/h9H,6-8H2,1-5H3. The third-order valence-electron chi connectivity index (χ3n) is 2.97. The highest BCUT2D eigenvalue weighted by Crippen LogP contribution is 2.46. The van der Waals surface area contributed by atoms with Crippen LogP contribution in [0.25, 0.3) is 0 Å². The van der Waals surface area contributed by atoms with Gasteiger partial charge in [-0.2, -0.15) is 0 Å². The van der Waals surface area contributed by atoms with E-state index in [0.29, 0.717) is 6.79 Å². The Labute approximate surface area is 86.7 Å². The van der Waals surface area contributed by atoms with Gasteiger partial charge in [0, 0.05) is 12.5 Å². The topological polar surface area (TPSA) is 27.7 Å². The van der Waals surface area contributed by atoms with Crippen molar-refractivity contribution in [1.82, 2.24) is 0 Å². The first-order chi connectivity index (χ1) is 6.43. The van der Waals surface area contributed by atoms with Gasteiger partial charge >= 0.3 is 0 Å². The fourth-order valence-corrected chi connectivity index (χ4v) is 2.19. The molecule has 0 aromatic carbocycles. The molecule has 2 atom stereocenters. The summed E-state index contributed by atoms with van der Waals surface area (Å²) in [6.07, 6.45) is 1.96. The highest BCUT2D eigenvalue weighted by atomic mass is 16.8. The SMILES string of the molecule is CCC1(C)CC(C)(C)OC1OCOC. The highest BCUT2D eigenvalue weighted by Gasteiger charge is 2.48. The van der Waals surface area contributed by atoms with Crippen molar-refractivity contribution in [2.75, 3.05) is 13.9 Å². The molecule has 1 fully saturated rings. The maximum Gasteiger partial charge on any atom is 0.166 e. The van der Waals surface area contributed by atoms with Crippen LogP contribution in [0.2, 0.25) is 0 Å². The molecule has 1 aliphatic rings. The molecule has 0 radical (unpaired) electrons. The number of methoxy groups -OCH3 is 1. The van der Waals surface area contributed by atoms with E-state index in [1.165, 1.54) is 0 Å². The van der Waals surface area contributed by atoms with Crippen molar-refractivity contribution >= 4 is 0 Å². The summed E-state index contributed by atoms with van der Waals surface area (Å²) in [6, 6.07) is 0. The summed E-state index contributed by atoms with van der Waals surface area (Å²) < 4.78 is 16.3. The van der Waals surface area contributed by atoms with Gasteiger partial charge < -0.3 is 14.2 Å². The molecule has 1 saturated heterocycles. The van der Waals surface area contributed by atoms with E-state index in [1.807, 2.05) is 0 Å². The molecule has 0 aromatic heterocycles. The molecule has 0 aliphatic carbocycles. The fraction of sp³-hybridized carbons (Fsp3) is 1.00. The molecule has 1 aliphatic heterocycles. The molecule has 3 nitrogen and oxygen atoms in total. The van der Waals surface area contributed by atoms with Gasteiger partial charge in [-0.05, 0) is 26.7 Å². The predicted molar refractivity (Wildman–Crippen MR) is 54.9 cm³/mol. The van der Waals surface area contributed by atoms with Gasteiger partial charge in [-0.15, -0.1) is 0 Å². The Morgan fingerprint density at radius 3 is 2.50 bits per heavy atom. The minimum atomic E-state index is -0.137. The van der Waals surface area contributed by atoms with Crippen molar-refractivity contribution in [1.29, 1.82) is 0 Å². The van der Waals surface area contributed by atoms with E-state index in [4.69, 9.17) is 14.2 Å². The van der Waals surface area contributed by atoms with Crippen LogP contribution in [0.5, 0.6) is 0 Å². The van der Waals surface area contributed by atoms with Crippen molar-refractivity contribution in [2.24, 2.45) is 5.41 Å². The van der Waals surface area contributed by atoms with Crippen LogP contribution in [0.3, 0.4) is 0 Å². The van der Waals surface area contributed by atoms with Gasteiger partial charge in [0.15, 0.2) is 6.29 Å². The molecular weight excluding hydrogens is 180 g/mol. The molecular formula is C11H22O3. The average Bonchev–Trinajstić information content (AvgIpc) is 2.33. The first kappa shape index (κ1) is 12.0. The zero-order chi connectivity index (χ0) is 10.8. The molecule has 0 aromatic rings. The van der Waals surface area contributed by atoms with Gasteiger partial charge in [-0.25, -0.2) is 0 Å². The van der Waals surface area contributed by atoms with Gasteiger partial charge in [0.2, 0.25) is 0 Å². The number of ether oxygens (including phenoxy) is 3. The number of hydrogen-bond donors (Lipinski definition) is 0. The summed E-state index contributed by atoms with van der Waals surface area (Å²) in [7, 11) is 1.63. The summed E-state index contributed by atoms with van der Waals surface area (Å²) in [5.41, 5.74) is 0.0329. The summed E-state index contributed by atoms with van der Waals surface area (Å²) in [6.45, 7) is 8.90. The van der Waals surface area contributed by atoms with Crippen molar-refractivity contribution in [3.8, 4) is 0 Å². The number of hydrogen-bond acceptors (Lipinski definition) is 3. The Bertz CT molecular complexity index is 191. The zero-order valence-electron chi connectivity index (χ0n) is 9.92. The van der Waals surface area contributed by atoms with E-state index >= 15 is 0 Å². The Morgan fingerprint density at radius 1 is 1.36 bits per heavy atom. The third-order valence-corrected chi connectivity index (χ3v) is 2.97. The van der Waals surface area contributed by atoms with Crippen LogP contribution in [0, 0.1) is 5.41 Å². The van der Waals surface area contributed by atoms with Gasteiger partial charge in [-0.1, -0.05) is 13.8 Å². The molecule has 0 N–H and O–H groups in total. The second-order valence-electron chi connectivity index (χ2n) is 4.97. The predicted octanol–water partition coefficient (Wildman–Crippen LogP) is 2.55. The largest absolute Gasteiger partial charge is 0.359 e.